The number of nitrogens with zero attached hydrogens (tertiary/aromatic N) is 1. The molecule has 0 bridgehead atoms. The van der Waals surface area contributed by atoms with Gasteiger partial charge in [-0.3, -0.25) is 0 Å². The maximum absolute atomic E-state index is 5.17. The molecule has 1 heterocycles. The summed E-state index contributed by atoms with van der Waals surface area (Å²) in [6.07, 6.45) is 2.71. The first-order chi connectivity index (χ1) is 9.24. The van der Waals surface area contributed by atoms with Gasteiger partial charge in [0.15, 0.2) is 0 Å². The van der Waals surface area contributed by atoms with Crippen molar-refractivity contribution in [3.8, 4) is 0 Å². The lowest BCUT2D eigenvalue weighted by molar-refractivity contribution is 0.392. The molecule has 19 heavy (non-hydrogen) atoms. The molecule has 3 rings (SSSR count). The van der Waals surface area contributed by atoms with Gasteiger partial charge in [0.05, 0.1) is 5.69 Å². The van der Waals surface area contributed by atoms with Crippen LogP contribution >= 0.6 is 0 Å². The number of aryl methyl sites for hydroxylation is 2. The Morgan fingerprint density at radius 2 is 2.11 bits per heavy atom. The average molecular weight is 256 g/mol. The highest BCUT2D eigenvalue weighted by molar-refractivity contribution is 5.29. The van der Waals surface area contributed by atoms with Crippen molar-refractivity contribution < 1.29 is 4.52 Å². The van der Waals surface area contributed by atoms with Crippen LogP contribution in [0.5, 0.6) is 0 Å². The van der Waals surface area contributed by atoms with Gasteiger partial charge in [0.1, 0.15) is 5.76 Å². The minimum absolute atomic E-state index is 0.814. The van der Waals surface area contributed by atoms with E-state index in [4.69, 9.17) is 4.52 Å². The predicted molar refractivity (Wildman–Crippen MR) is 74.9 cm³/mol. The molecule has 0 aliphatic heterocycles. The topological polar surface area (TPSA) is 38.1 Å². The van der Waals surface area contributed by atoms with Crippen molar-refractivity contribution in [1.29, 1.82) is 0 Å². The molecule has 0 spiro atoms. The Hall–Kier alpha value is -1.61. The van der Waals surface area contributed by atoms with E-state index in [1.54, 1.807) is 0 Å². The minimum atomic E-state index is 0.814. The van der Waals surface area contributed by atoms with E-state index >= 15 is 0 Å². The van der Waals surface area contributed by atoms with E-state index in [1.165, 1.54) is 29.5 Å². The van der Waals surface area contributed by atoms with Crippen LogP contribution in [-0.2, 0) is 13.1 Å². The molecule has 1 aliphatic carbocycles. The fraction of sp³-hybridized carbons (Fsp3) is 0.438. The Labute approximate surface area is 114 Å². The molecule has 100 valence electrons. The zero-order chi connectivity index (χ0) is 13.2. The van der Waals surface area contributed by atoms with E-state index < -0.39 is 0 Å². The van der Waals surface area contributed by atoms with Crippen LogP contribution in [0, 0.1) is 13.8 Å². The van der Waals surface area contributed by atoms with Crippen LogP contribution in [0.2, 0.25) is 0 Å². The van der Waals surface area contributed by atoms with E-state index in [0.29, 0.717) is 0 Å². The number of aromatic nitrogens is 1. The Morgan fingerprint density at radius 1 is 1.26 bits per heavy atom. The molecule has 0 amide bonds. The van der Waals surface area contributed by atoms with Crippen molar-refractivity contribution in [3.63, 3.8) is 0 Å². The molecular formula is C16H20N2O. The molecule has 1 aromatic heterocycles. The predicted octanol–water partition coefficient (Wildman–Crippen LogP) is 3.46. The second kappa shape index (κ2) is 5.17. The van der Waals surface area contributed by atoms with Crippen LogP contribution in [0.25, 0.3) is 0 Å². The molecule has 1 aliphatic rings. The molecule has 3 heteroatoms. The Bertz CT molecular complexity index is 550. The van der Waals surface area contributed by atoms with E-state index in [-0.39, 0.29) is 0 Å². The zero-order valence-electron chi connectivity index (χ0n) is 11.6. The molecule has 1 N–H and O–H groups in total. The Morgan fingerprint density at radius 3 is 2.79 bits per heavy atom. The molecule has 0 atom stereocenters. The summed E-state index contributed by atoms with van der Waals surface area (Å²) >= 11 is 0. The van der Waals surface area contributed by atoms with Crippen LogP contribution < -0.4 is 5.32 Å². The van der Waals surface area contributed by atoms with Gasteiger partial charge >= 0.3 is 0 Å². The van der Waals surface area contributed by atoms with Crippen molar-refractivity contribution in [1.82, 2.24) is 10.5 Å². The van der Waals surface area contributed by atoms with E-state index in [1.807, 2.05) is 13.8 Å². The van der Waals surface area contributed by atoms with E-state index in [0.717, 1.165) is 30.5 Å². The second-order valence-electron chi connectivity index (χ2n) is 5.43. The minimum Gasteiger partial charge on any atom is -0.361 e. The lowest BCUT2D eigenvalue weighted by atomic mass is 10.1. The summed E-state index contributed by atoms with van der Waals surface area (Å²) in [5.41, 5.74) is 5.02. The normalized spacial score (nSPS) is 14.8. The quantitative estimate of drug-likeness (QED) is 0.890. The van der Waals surface area contributed by atoms with Gasteiger partial charge in [-0.1, -0.05) is 29.4 Å². The molecule has 0 saturated heterocycles. The third-order valence-corrected chi connectivity index (χ3v) is 3.81. The van der Waals surface area contributed by atoms with Gasteiger partial charge in [-0.25, -0.2) is 0 Å². The fourth-order valence-corrected chi connectivity index (χ4v) is 2.46. The summed E-state index contributed by atoms with van der Waals surface area (Å²) in [5, 5.41) is 7.44. The van der Waals surface area contributed by atoms with E-state index in [2.05, 4.69) is 34.7 Å². The molecule has 1 aromatic carbocycles. The van der Waals surface area contributed by atoms with Gasteiger partial charge in [-0.05, 0) is 43.7 Å². The first-order valence-electron chi connectivity index (χ1n) is 6.95. The summed E-state index contributed by atoms with van der Waals surface area (Å²) in [6.45, 7) is 5.66. The lowest BCUT2D eigenvalue weighted by Crippen LogP contribution is -2.13. The van der Waals surface area contributed by atoms with Gasteiger partial charge in [0.25, 0.3) is 0 Å². The molecule has 2 aromatic rings. The molecule has 0 radical (unpaired) electrons. The Kier molecular flexibility index (Phi) is 3.38. The fourth-order valence-electron chi connectivity index (χ4n) is 2.46. The number of hydrogen-bond donors (Lipinski definition) is 1. The van der Waals surface area contributed by atoms with Crippen LogP contribution in [0.3, 0.4) is 0 Å². The largest absolute Gasteiger partial charge is 0.361 e. The van der Waals surface area contributed by atoms with Crippen LogP contribution in [0.1, 0.15) is 46.9 Å². The summed E-state index contributed by atoms with van der Waals surface area (Å²) < 4.78 is 5.17. The summed E-state index contributed by atoms with van der Waals surface area (Å²) in [6, 6.07) is 8.93. The van der Waals surface area contributed by atoms with Crippen LogP contribution in [0.4, 0.5) is 0 Å². The highest BCUT2D eigenvalue weighted by Crippen LogP contribution is 2.40. The molecule has 1 saturated carbocycles. The number of nitrogens with one attached hydrogen (secondary N) is 1. The maximum atomic E-state index is 5.17. The molecule has 3 nitrogen and oxygen atoms in total. The van der Waals surface area contributed by atoms with Crippen molar-refractivity contribution in [2.75, 3.05) is 0 Å². The Balaban J connectivity index is 1.59. The highest BCUT2D eigenvalue weighted by Gasteiger charge is 2.23. The summed E-state index contributed by atoms with van der Waals surface area (Å²) in [5.74, 6) is 1.74. The lowest BCUT2D eigenvalue weighted by Gasteiger charge is -2.06. The van der Waals surface area contributed by atoms with Gasteiger partial charge in [-0.2, -0.15) is 0 Å². The summed E-state index contributed by atoms with van der Waals surface area (Å²) in [7, 11) is 0. The SMILES string of the molecule is Cc1noc(C)c1CNCc1cccc(C2CC2)c1. The molecular weight excluding hydrogens is 236 g/mol. The second-order valence-corrected chi connectivity index (χ2v) is 5.43. The first kappa shape index (κ1) is 12.4. The standard InChI is InChI=1S/C16H20N2O/c1-11-16(12(2)19-18-11)10-17-9-13-4-3-5-15(8-13)14-6-7-14/h3-5,8,14,17H,6-7,9-10H2,1-2H3. The van der Waals surface area contributed by atoms with Gasteiger partial charge < -0.3 is 9.84 Å². The average Bonchev–Trinajstić information content (AvgIpc) is 3.21. The van der Waals surface area contributed by atoms with Crippen molar-refractivity contribution in [3.05, 3.63) is 52.4 Å². The van der Waals surface area contributed by atoms with Crippen molar-refractivity contribution >= 4 is 0 Å². The third-order valence-electron chi connectivity index (χ3n) is 3.81. The van der Waals surface area contributed by atoms with Gasteiger partial charge in [0.2, 0.25) is 0 Å². The van der Waals surface area contributed by atoms with Crippen LogP contribution in [0.15, 0.2) is 28.8 Å². The summed E-state index contributed by atoms with van der Waals surface area (Å²) in [4.78, 5) is 0. The van der Waals surface area contributed by atoms with Crippen LogP contribution in [-0.4, -0.2) is 5.16 Å². The number of benzene rings is 1. The van der Waals surface area contributed by atoms with Crippen molar-refractivity contribution in [2.45, 2.75) is 45.7 Å². The zero-order valence-corrected chi connectivity index (χ0v) is 11.6. The molecule has 1 fully saturated rings. The molecule has 0 unspecified atom stereocenters. The number of rotatable bonds is 5. The van der Waals surface area contributed by atoms with E-state index in [9.17, 15) is 0 Å². The van der Waals surface area contributed by atoms with Gasteiger partial charge in [0, 0.05) is 18.7 Å². The third kappa shape index (κ3) is 2.87. The first-order valence-corrected chi connectivity index (χ1v) is 6.95. The monoisotopic (exact) mass is 256 g/mol. The smallest absolute Gasteiger partial charge is 0.138 e. The number of hydrogen-bond acceptors (Lipinski definition) is 3. The highest BCUT2D eigenvalue weighted by atomic mass is 16.5. The van der Waals surface area contributed by atoms with Gasteiger partial charge in [-0.15, -0.1) is 0 Å². The maximum Gasteiger partial charge on any atom is 0.138 e. The van der Waals surface area contributed by atoms with Crippen molar-refractivity contribution in [2.24, 2.45) is 0 Å².